The van der Waals surface area contributed by atoms with Gasteiger partial charge in [-0.05, 0) is 61.9 Å². The number of halogens is 1. The van der Waals surface area contributed by atoms with Crippen LogP contribution in [0.15, 0.2) is 78.5 Å². The number of benzene rings is 3. The summed E-state index contributed by atoms with van der Waals surface area (Å²) in [7, 11) is 0. The van der Waals surface area contributed by atoms with Gasteiger partial charge in [0.1, 0.15) is 17.3 Å². The van der Waals surface area contributed by atoms with Crippen LogP contribution in [0.4, 0.5) is 15.8 Å². The van der Waals surface area contributed by atoms with Gasteiger partial charge in [-0.2, -0.15) is 0 Å². The molecule has 0 fully saturated rings. The maximum Gasteiger partial charge on any atom is 0.282 e. The number of carbonyl (C=O) groups is 2. The number of aryl methyl sites for hydroxylation is 1. The van der Waals surface area contributed by atoms with E-state index in [2.05, 4.69) is 5.32 Å². The fourth-order valence-electron chi connectivity index (χ4n) is 3.43. The van der Waals surface area contributed by atoms with Gasteiger partial charge in [-0.25, -0.2) is 9.29 Å². The third-order valence-corrected chi connectivity index (χ3v) is 4.93. The van der Waals surface area contributed by atoms with E-state index in [-0.39, 0.29) is 17.0 Å². The van der Waals surface area contributed by atoms with E-state index in [1.54, 1.807) is 24.3 Å². The Hall–Kier alpha value is -3.93. The second-order valence-corrected chi connectivity index (χ2v) is 7.12. The summed E-state index contributed by atoms with van der Waals surface area (Å²) in [6.07, 6.45) is 0. The lowest BCUT2D eigenvalue weighted by Gasteiger charge is -2.15. The second-order valence-electron chi connectivity index (χ2n) is 7.12. The summed E-state index contributed by atoms with van der Waals surface area (Å²) in [5.41, 5.74) is 2.85. The molecule has 3 aromatic carbocycles. The summed E-state index contributed by atoms with van der Waals surface area (Å²) < 4.78 is 19.3. The zero-order chi connectivity index (χ0) is 22.0. The molecule has 0 radical (unpaired) electrons. The first-order valence-corrected chi connectivity index (χ1v) is 9.93. The number of nitrogens with zero attached hydrogens (tertiary/aromatic N) is 1. The third kappa shape index (κ3) is 4.05. The summed E-state index contributed by atoms with van der Waals surface area (Å²) in [6, 6.07) is 19.9. The second kappa shape index (κ2) is 8.44. The van der Waals surface area contributed by atoms with Crippen molar-refractivity contribution in [1.82, 2.24) is 0 Å². The Labute approximate surface area is 179 Å². The quantitative estimate of drug-likeness (QED) is 0.579. The van der Waals surface area contributed by atoms with E-state index in [1.165, 1.54) is 24.3 Å². The number of anilines is 2. The third-order valence-electron chi connectivity index (χ3n) is 4.93. The maximum absolute atomic E-state index is 13.8. The van der Waals surface area contributed by atoms with E-state index in [0.29, 0.717) is 23.6 Å². The molecular formula is C25H21FN2O3. The molecule has 2 amide bonds. The molecule has 5 nitrogen and oxygen atoms in total. The molecule has 0 aromatic heterocycles. The fraction of sp³-hybridized carbons (Fsp3) is 0.120. The predicted molar refractivity (Wildman–Crippen MR) is 118 cm³/mol. The van der Waals surface area contributed by atoms with Crippen LogP contribution in [0.1, 0.15) is 18.1 Å². The lowest BCUT2D eigenvalue weighted by atomic mass is 10.0. The molecule has 1 aliphatic heterocycles. The summed E-state index contributed by atoms with van der Waals surface area (Å²) in [4.78, 5) is 27.6. The molecule has 0 saturated carbocycles. The van der Waals surface area contributed by atoms with Gasteiger partial charge >= 0.3 is 0 Å². The number of carbonyl (C=O) groups excluding carboxylic acids is 2. The lowest BCUT2D eigenvalue weighted by Crippen LogP contribution is -2.32. The van der Waals surface area contributed by atoms with Crippen molar-refractivity contribution in [2.45, 2.75) is 13.8 Å². The number of amides is 2. The Bertz CT molecular complexity index is 1170. The van der Waals surface area contributed by atoms with Crippen LogP contribution in [0, 0.1) is 12.7 Å². The molecule has 1 aliphatic rings. The van der Waals surface area contributed by atoms with Gasteiger partial charge in [-0.3, -0.25) is 9.59 Å². The van der Waals surface area contributed by atoms with E-state index in [4.69, 9.17) is 4.74 Å². The summed E-state index contributed by atoms with van der Waals surface area (Å²) in [5, 5.41) is 3.09. The first kappa shape index (κ1) is 20.3. The topological polar surface area (TPSA) is 58.6 Å². The van der Waals surface area contributed by atoms with E-state index >= 15 is 0 Å². The highest BCUT2D eigenvalue weighted by Gasteiger charge is 2.40. The van der Waals surface area contributed by atoms with Crippen molar-refractivity contribution in [1.29, 1.82) is 0 Å². The SMILES string of the molecule is CCOc1ccc(C2=C(Nc3ccc(C)cc3)C(=O)N(c3cccc(F)c3)C2=O)cc1. The van der Waals surface area contributed by atoms with Crippen molar-refractivity contribution >= 4 is 28.8 Å². The zero-order valence-corrected chi connectivity index (χ0v) is 17.2. The van der Waals surface area contributed by atoms with Gasteiger partial charge in [0.2, 0.25) is 0 Å². The first-order valence-electron chi connectivity index (χ1n) is 9.93. The molecule has 3 aromatic rings. The Balaban J connectivity index is 1.79. The Morgan fingerprint density at radius 2 is 1.65 bits per heavy atom. The van der Waals surface area contributed by atoms with Crippen molar-refractivity contribution in [2.24, 2.45) is 0 Å². The molecule has 0 saturated heterocycles. The van der Waals surface area contributed by atoms with E-state index in [0.717, 1.165) is 10.5 Å². The highest BCUT2D eigenvalue weighted by Crippen LogP contribution is 2.34. The van der Waals surface area contributed by atoms with Crippen molar-refractivity contribution in [3.05, 3.63) is 95.4 Å². The molecule has 1 heterocycles. The molecular weight excluding hydrogens is 395 g/mol. The number of ether oxygens (including phenoxy) is 1. The van der Waals surface area contributed by atoms with Crippen LogP contribution in [0.25, 0.3) is 5.57 Å². The van der Waals surface area contributed by atoms with Crippen molar-refractivity contribution in [3.8, 4) is 5.75 Å². The predicted octanol–water partition coefficient (Wildman–Crippen LogP) is 4.93. The molecule has 4 rings (SSSR count). The van der Waals surface area contributed by atoms with Gasteiger partial charge < -0.3 is 10.1 Å². The number of rotatable bonds is 6. The highest BCUT2D eigenvalue weighted by molar-refractivity contribution is 6.46. The fourth-order valence-corrected chi connectivity index (χ4v) is 3.43. The van der Waals surface area contributed by atoms with Crippen LogP contribution in [0.2, 0.25) is 0 Å². The van der Waals surface area contributed by atoms with Crippen molar-refractivity contribution in [2.75, 3.05) is 16.8 Å². The molecule has 31 heavy (non-hydrogen) atoms. The Morgan fingerprint density at radius 1 is 0.935 bits per heavy atom. The summed E-state index contributed by atoms with van der Waals surface area (Å²) in [6.45, 7) is 4.37. The Kier molecular flexibility index (Phi) is 5.54. The van der Waals surface area contributed by atoms with E-state index in [9.17, 15) is 14.0 Å². The van der Waals surface area contributed by atoms with Crippen molar-refractivity contribution < 1.29 is 18.7 Å². The van der Waals surface area contributed by atoms with Gasteiger partial charge in [0, 0.05) is 5.69 Å². The average molecular weight is 416 g/mol. The molecule has 0 unspecified atom stereocenters. The zero-order valence-electron chi connectivity index (χ0n) is 17.2. The van der Waals surface area contributed by atoms with Crippen LogP contribution >= 0.6 is 0 Å². The minimum absolute atomic E-state index is 0.141. The van der Waals surface area contributed by atoms with Gasteiger partial charge in [0.05, 0.1) is 17.9 Å². The van der Waals surface area contributed by atoms with Crippen LogP contribution in [0.3, 0.4) is 0 Å². The van der Waals surface area contributed by atoms with Gasteiger partial charge in [-0.15, -0.1) is 0 Å². The normalized spacial score (nSPS) is 13.7. The van der Waals surface area contributed by atoms with Crippen LogP contribution < -0.4 is 15.0 Å². The van der Waals surface area contributed by atoms with Crippen molar-refractivity contribution in [3.63, 3.8) is 0 Å². The lowest BCUT2D eigenvalue weighted by molar-refractivity contribution is -0.120. The maximum atomic E-state index is 13.8. The molecule has 1 N–H and O–H groups in total. The van der Waals surface area contributed by atoms with Gasteiger partial charge in [-0.1, -0.05) is 35.9 Å². The van der Waals surface area contributed by atoms with E-state index in [1.807, 2.05) is 38.1 Å². The molecule has 156 valence electrons. The number of imide groups is 1. The molecule has 0 aliphatic carbocycles. The van der Waals surface area contributed by atoms with Crippen LogP contribution in [-0.4, -0.2) is 18.4 Å². The van der Waals surface area contributed by atoms with Crippen LogP contribution in [-0.2, 0) is 9.59 Å². The Morgan fingerprint density at radius 3 is 2.29 bits per heavy atom. The molecule has 0 spiro atoms. The number of hydrogen-bond acceptors (Lipinski definition) is 4. The molecule has 0 atom stereocenters. The number of nitrogens with one attached hydrogen (secondary N) is 1. The highest BCUT2D eigenvalue weighted by atomic mass is 19.1. The summed E-state index contributed by atoms with van der Waals surface area (Å²) in [5.74, 6) is -0.922. The standard InChI is InChI=1S/C25H21FN2O3/c1-3-31-21-13-9-17(10-14-21)22-23(27-19-11-7-16(2)8-12-19)25(30)28(24(22)29)20-6-4-5-18(26)15-20/h4-15,27H,3H2,1-2H3. The minimum Gasteiger partial charge on any atom is -0.494 e. The minimum atomic E-state index is -0.542. The first-order chi connectivity index (χ1) is 15.0. The van der Waals surface area contributed by atoms with Gasteiger partial charge in [0.25, 0.3) is 11.8 Å². The average Bonchev–Trinajstić information content (AvgIpc) is 3.00. The number of hydrogen-bond donors (Lipinski definition) is 1. The monoisotopic (exact) mass is 416 g/mol. The van der Waals surface area contributed by atoms with Gasteiger partial charge in [0.15, 0.2) is 0 Å². The summed E-state index contributed by atoms with van der Waals surface area (Å²) >= 11 is 0. The van der Waals surface area contributed by atoms with Crippen LogP contribution in [0.5, 0.6) is 5.75 Å². The molecule has 0 bridgehead atoms. The van der Waals surface area contributed by atoms with E-state index < -0.39 is 17.6 Å². The molecule has 6 heteroatoms. The largest absolute Gasteiger partial charge is 0.494 e. The smallest absolute Gasteiger partial charge is 0.282 e.